The molecule has 7 aliphatic rings. The van der Waals surface area contributed by atoms with Crippen molar-refractivity contribution in [1.82, 2.24) is 0 Å². The van der Waals surface area contributed by atoms with E-state index < -0.39 is 18.1 Å². The second-order valence-corrected chi connectivity index (χ2v) is 40.8. The first-order valence-corrected chi connectivity index (χ1v) is 54.9. The molecule has 1 aliphatic heterocycles. The molecule has 0 bridgehead atoms. The lowest BCUT2D eigenvalue weighted by Crippen LogP contribution is -2.29. The molecule has 760 valence electrons. The standard InChI is InChI=1S/C18H28O2.C17H25BrO2.C17H24F2O2.C17H25FO.2C17H26O2.C16H24O2/c1-2-3-7-16-10-17(13-19)12-18(11-16)20-14-15-8-5-4-6-9-15;1-2-6-17(19)15-11-14(9-10-16(15)18)20-12-13-7-4-3-5-8-13;1-2-4-16(20)14-5-3-6-15(11-14)21-12-13-7-9-17(18,19)10-8-13;1-2-3-7-15-10-16(18)12-17(11-15)19-13-14-8-5-4-6-9-14;2*1-2-3-7-14-8-6-10-16(12-14)19-13-15-9-4-5-11-17(15)18;1-2-3-7-14-8-6-10-15(12-14)18-13-16-9-4-5-11-17-16/h10-12,15,19H,2-9,13-14H2,1H3;9-11,13,17,19H,2-8,12H2,1H3;3,5-6,11,13,16,20H,2,4,7-10,12H2,1H3;10-12,14H,2-9,13H2,1H3;2*6,8,10,12,15,17-18H,2-5,7,9,11,13H2,1H3;6,8,10,12,16H,2-5,7,9,11,13H2,1H3/t;;;;15-,17+;15-,17-;/m....01./s1. The van der Waals surface area contributed by atoms with Crippen molar-refractivity contribution in [3.63, 3.8) is 0 Å². The van der Waals surface area contributed by atoms with Gasteiger partial charge in [-0.2, -0.15) is 0 Å². The highest BCUT2D eigenvalue weighted by molar-refractivity contribution is 9.10. The van der Waals surface area contributed by atoms with Crippen LogP contribution < -0.4 is 33.2 Å². The highest BCUT2D eigenvalue weighted by Gasteiger charge is 2.35. The molecule has 0 amide bonds. The summed E-state index contributed by atoms with van der Waals surface area (Å²) in [7, 11) is 0. The van der Waals surface area contributed by atoms with Gasteiger partial charge in [0.15, 0.2) is 0 Å². The van der Waals surface area contributed by atoms with Crippen LogP contribution in [0.15, 0.2) is 156 Å². The van der Waals surface area contributed by atoms with E-state index in [-0.39, 0.29) is 49.5 Å². The van der Waals surface area contributed by atoms with Crippen molar-refractivity contribution >= 4 is 15.9 Å². The normalized spacial score (nSPS) is 19.6. The number of aryl methyl sites for hydroxylation is 5. The number of aliphatic hydroxyl groups excluding tert-OH is 5. The molecule has 5 N–H and O–H groups in total. The molecule has 7 aromatic rings. The summed E-state index contributed by atoms with van der Waals surface area (Å²) in [6.45, 7) is 21.0. The van der Waals surface area contributed by atoms with Gasteiger partial charge in [0, 0.05) is 41.8 Å². The molecule has 6 aliphatic carbocycles. The average Bonchev–Trinajstić information content (AvgIpc) is 0.854. The number of alkyl halides is 2. The highest BCUT2D eigenvalue weighted by atomic mass is 79.9. The zero-order valence-corrected chi connectivity index (χ0v) is 86.4. The van der Waals surface area contributed by atoms with E-state index in [0.717, 1.165) is 203 Å². The maximum absolute atomic E-state index is 13.5. The van der Waals surface area contributed by atoms with Crippen molar-refractivity contribution in [1.29, 1.82) is 0 Å². The van der Waals surface area contributed by atoms with E-state index in [1.54, 1.807) is 6.07 Å². The zero-order chi connectivity index (χ0) is 97.0. The molecular weight excluding hydrogens is 1770 g/mol. The van der Waals surface area contributed by atoms with Crippen molar-refractivity contribution in [2.24, 2.45) is 35.5 Å². The first kappa shape index (κ1) is 114. The number of ether oxygens (including phenoxy) is 8. The van der Waals surface area contributed by atoms with Crippen LogP contribution >= 0.6 is 15.9 Å². The van der Waals surface area contributed by atoms with Gasteiger partial charge in [-0.15, -0.1) is 0 Å². The molecule has 3 unspecified atom stereocenters. The SMILES string of the molecule is CCCC(O)c1cc(OCC2CCCCC2)ccc1Br.CCCC(O)c1cccc(OCC2CCC(F)(F)CC2)c1.CCCCc1cc(CO)cc(OCC2CCCCC2)c1.CCCCc1cc(F)cc(OCC2CCCCC2)c1.CCCCc1cccc(OCC2CCCCO2)c1.CCCCc1cccc(OC[C@@H]2CCCC[C@H]2O)c1.CCCCc1cccc(OC[C@H]2CCCC[C@H]2O)c1. The minimum Gasteiger partial charge on any atom is -0.493 e. The van der Waals surface area contributed by atoms with Gasteiger partial charge in [0.05, 0.1) is 76.8 Å². The average molecular weight is 1950 g/mol. The van der Waals surface area contributed by atoms with E-state index in [1.165, 1.54) is 202 Å². The second kappa shape index (κ2) is 68.3. The predicted molar refractivity (Wildman–Crippen MR) is 556 cm³/mol. The quantitative estimate of drug-likeness (QED) is 0.0244. The zero-order valence-electron chi connectivity index (χ0n) is 84.8. The summed E-state index contributed by atoms with van der Waals surface area (Å²) in [5, 5.41) is 49.4. The van der Waals surface area contributed by atoms with Gasteiger partial charge in [-0.1, -0.05) is 247 Å². The van der Waals surface area contributed by atoms with Crippen LogP contribution in [0.2, 0.25) is 0 Å². The smallest absolute Gasteiger partial charge is 0.248 e. The van der Waals surface area contributed by atoms with Crippen LogP contribution in [0.25, 0.3) is 0 Å². The minimum absolute atomic E-state index is 0.0315. The van der Waals surface area contributed by atoms with Crippen LogP contribution in [0, 0.1) is 41.3 Å². The van der Waals surface area contributed by atoms with E-state index in [0.29, 0.717) is 74.4 Å². The van der Waals surface area contributed by atoms with Crippen molar-refractivity contribution in [3.8, 4) is 40.2 Å². The van der Waals surface area contributed by atoms with E-state index in [9.17, 15) is 38.7 Å². The minimum atomic E-state index is -2.49. The van der Waals surface area contributed by atoms with Crippen LogP contribution in [-0.4, -0.2) is 103 Å². The molecule has 0 radical (unpaired) electrons. The molecule has 17 heteroatoms. The Kier molecular flexibility index (Phi) is 57.5. The molecular formula is C119H178BrF3O13. The molecule has 136 heavy (non-hydrogen) atoms. The number of unbranched alkanes of at least 4 members (excludes halogenated alkanes) is 5. The second-order valence-electron chi connectivity index (χ2n) is 40.0. The van der Waals surface area contributed by atoms with Crippen LogP contribution in [0.1, 0.15) is 388 Å². The molecule has 7 aromatic carbocycles. The predicted octanol–water partition coefficient (Wildman–Crippen LogP) is 31.5. The Morgan fingerprint density at radius 2 is 0.706 bits per heavy atom. The Bertz CT molecular complexity index is 4150. The third-order valence-electron chi connectivity index (χ3n) is 28.0. The Labute approximate surface area is 828 Å². The van der Waals surface area contributed by atoms with Crippen LogP contribution in [-0.2, 0) is 43.4 Å². The summed E-state index contributed by atoms with van der Waals surface area (Å²) in [6.07, 6.45) is 53.2. The number of aliphatic hydroxyl groups is 5. The van der Waals surface area contributed by atoms with Crippen LogP contribution in [0.5, 0.6) is 40.2 Å². The molecule has 1 heterocycles. The Morgan fingerprint density at radius 3 is 1.14 bits per heavy atom. The Morgan fingerprint density at radius 1 is 0.346 bits per heavy atom. The summed E-state index contributed by atoms with van der Waals surface area (Å²) >= 11 is 3.51. The van der Waals surface area contributed by atoms with Gasteiger partial charge >= 0.3 is 0 Å². The number of hydrogen-bond acceptors (Lipinski definition) is 13. The lowest BCUT2D eigenvalue weighted by molar-refractivity contribution is -0.0498. The fraction of sp³-hybridized carbons (Fsp3) is 0.647. The van der Waals surface area contributed by atoms with Crippen molar-refractivity contribution in [3.05, 3.63) is 206 Å². The first-order chi connectivity index (χ1) is 66.3. The largest absolute Gasteiger partial charge is 0.493 e. The number of halogens is 4. The Balaban J connectivity index is 0.000000195. The van der Waals surface area contributed by atoms with Gasteiger partial charge in [0.1, 0.15) is 52.7 Å². The summed E-state index contributed by atoms with van der Waals surface area (Å²) in [5.74, 6) is 6.38. The lowest BCUT2D eigenvalue weighted by atomic mass is 9.87. The first-order valence-electron chi connectivity index (χ1n) is 54.1. The van der Waals surface area contributed by atoms with E-state index in [4.69, 9.17) is 37.9 Å². The van der Waals surface area contributed by atoms with Crippen LogP contribution in [0.4, 0.5) is 13.2 Å². The fourth-order valence-corrected chi connectivity index (χ4v) is 19.7. The maximum Gasteiger partial charge on any atom is 0.248 e. The molecule has 7 atom stereocenters. The molecule has 13 nitrogen and oxygen atoms in total. The molecule has 0 spiro atoms. The Hall–Kier alpha value is -6.83. The number of benzene rings is 7. The van der Waals surface area contributed by atoms with Gasteiger partial charge in [0.2, 0.25) is 5.92 Å². The molecule has 0 aromatic heterocycles. The fourth-order valence-electron chi connectivity index (χ4n) is 19.2. The van der Waals surface area contributed by atoms with Gasteiger partial charge < -0.3 is 63.4 Å². The van der Waals surface area contributed by atoms with Gasteiger partial charge in [-0.3, -0.25) is 0 Å². The van der Waals surface area contributed by atoms with E-state index >= 15 is 0 Å². The summed E-state index contributed by atoms with van der Waals surface area (Å²) in [5.41, 5.74) is 9.18. The summed E-state index contributed by atoms with van der Waals surface area (Å²) in [6, 6.07) is 50.0. The molecule has 6 saturated carbocycles. The van der Waals surface area contributed by atoms with E-state index in [1.807, 2.05) is 79.7 Å². The van der Waals surface area contributed by atoms with Gasteiger partial charge in [-0.05, 0) is 333 Å². The van der Waals surface area contributed by atoms with Crippen LogP contribution in [0.3, 0.4) is 0 Å². The number of hydrogen-bond donors (Lipinski definition) is 5. The molecule has 7 fully saturated rings. The third-order valence-corrected chi connectivity index (χ3v) is 28.7. The monoisotopic (exact) mass is 1950 g/mol. The van der Waals surface area contributed by atoms with Crippen molar-refractivity contribution in [2.75, 3.05) is 52.9 Å². The highest BCUT2D eigenvalue weighted by Crippen LogP contribution is 2.39. The van der Waals surface area contributed by atoms with Gasteiger partial charge in [-0.25, -0.2) is 13.2 Å². The maximum atomic E-state index is 13.5. The summed E-state index contributed by atoms with van der Waals surface area (Å²) < 4.78 is 87.4. The van der Waals surface area contributed by atoms with Crippen molar-refractivity contribution in [2.45, 2.75) is 406 Å². The van der Waals surface area contributed by atoms with E-state index in [2.05, 4.69) is 124 Å². The lowest BCUT2D eigenvalue weighted by Gasteiger charge is -2.28. The van der Waals surface area contributed by atoms with Crippen molar-refractivity contribution < 1.29 is 76.6 Å². The number of rotatable bonds is 43. The summed E-state index contributed by atoms with van der Waals surface area (Å²) in [4.78, 5) is 0. The van der Waals surface area contributed by atoms with Gasteiger partial charge in [0.25, 0.3) is 0 Å². The topological polar surface area (TPSA) is 175 Å². The molecule has 1 saturated heterocycles. The third kappa shape index (κ3) is 47.2. The molecule has 14 rings (SSSR count).